The molecule has 0 nitrogen and oxygen atoms in total. The fraction of sp³-hybridized carbons (Fsp3) is 0.909. The third-order valence-corrected chi connectivity index (χ3v) is 2.64. The lowest BCUT2D eigenvalue weighted by atomic mass is 9.86. The molecule has 2 atom stereocenters. The largest absolute Gasteiger partial charge is 0.0654 e. The lowest BCUT2D eigenvalue weighted by Gasteiger charge is -2.20. The van der Waals surface area contributed by atoms with Gasteiger partial charge in [0.1, 0.15) is 0 Å². The molecule has 0 aliphatic rings. The van der Waals surface area contributed by atoms with Crippen molar-refractivity contribution in [3.8, 4) is 0 Å². The van der Waals surface area contributed by atoms with Crippen LogP contribution < -0.4 is 0 Å². The van der Waals surface area contributed by atoms with Crippen LogP contribution in [0.2, 0.25) is 0 Å². The van der Waals surface area contributed by atoms with Gasteiger partial charge in [0.15, 0.2) is 0 Å². The van der Waals surface area contributed by atoms with E-state index in [0.29, 0.717) is 5.92 Å². The summed E-state index contributed by atoms with van der Waals surface area (Å²) < 4.78 is 0. The predicted molar refractivity (Wildman–Crippen MR) is 52.4 cm³/mol. The van der Waals surface area contributed by atoms with Gasteiger partial charge in [0.25, 0.3) is 0 Å². The van der Waals surface area contributed by atoms with E-state index in [1.165, 1.54) is 32.1 Å². The summed E-state index contributed by atoms with van der Waals surface area (Å²) in [5.41, 5.74) is 0. The van der Waals surface area contributed by atoms with Crippen LogP contribution in [0, 0.1) is 18.8 Å². The molecule has 0 rings (SSSR count). The molecule has 0 aromatic heterocycles. The number of hydrogen-bond donors (Lipinski definition) is 0. The van der Waals surface area contributed by atoms with Crippen LogP contribution in [0.4, 0.5) is 0 Å². The molecule has 0 saturated heterocycles. The average molecular weight is 155 g/mol. The first-order chi connectivity index (χ1) is 5.26. The lowest BCUT2D eigenvalue weighted by Crippen LogP contribution is -2.09. The molecule has 0 aliphatic heterocycles. The van der Waals surface area contributed by atoms with Gasteiger partial charge < -0.3 is 0 Å². The Morgan fingerprint density at radius 1 is 1.09 bits per heavy atom. The molecule has 2 unspecified atom stereocenters. The van der Waals surface area contributed by atoms with E-state index in [1.54, 1.807) is 0 Å². The average Bonchev–Trinajstić information content (AvgIpc) is 2.05. The molecule has 0 amide bonds. The van der Waals surface area contributed by atoms with Gasteiger partial charge in [-0.1, -0.05) is 52.9 Å². The van der Waals surface area contributed by atoms with Crippen molar-refractivity contribution in [3.63, 3.8) is 0 Å². The second-order valence-corrected chi connectivity index (χ2v) is 3.48. The molecule has 0 aromatic rings. The highest BCUT2D eigenvalue weighted by Gasteiger charge is 2.12. The summed E-state index contributed by atoms with van der Waals surface area (Å²) in [6.07, 6.45) is 6.64. The molecule has 0 N–H and O–H groups in total. The summed E-state index contributed by atoms with van der Waals surface area (Å²) in [7, 11) is 0. The van der Waals surface area contributed by atoms with Crippen LogP contribution in [0.25, 0.3) is 0 Å². The van der Waals surface area contributed by atoms with Gasteiger partial charge in [-0.3, -0.25) is 0 Å². The van der Waals surface area contributed by atoms with Gasteiger partial charge in [0.2, 0.25) is 0 Å². The second kappa shape index (κ2) is 6.69. The quantitative estimate of drug-likeness (QED) is 0.542. The second-order valence-electron chi connectivity index (χ2n) is 3.48. The summed E-state index contributed by atoms with van der Waals surface area (Å²) in [6.45, 7) is 11.0. The third-order valence-electron chi connectivity index (χ3n) is 2.64. The molecule has 0 saturated carbocycles. The molecule has 0 heterocycles. The molecule has 1 radical (unpaired) electrons. The third kappa shape index (κ3) is 4.44. The summed E-state index contributed by atoms with van der Waals surface area (Å²) in [4.78, 5) is 0. The van der Waals surface area contributed by atoms with Gasteiger partial charge in [-0.05, 0) is 18.8 Å². The maximum atomic E-state index is 4.18. The fourth-order valence-electron chi connectivity index (χ4n) is 1.57. The van der Waals surface area contributed by atoms with Gasteiger partial charge >= 0.3 is 0 Å². The van der Waals surface area contributed by atoms with Gasteiger partial charge in [-0.25, -0.2) is 0 Å². The van der Waals surface area contributed by atoms with Gasteiger partial charge in [0, 0.05) is 0 Å². The van der Waals surface area contributed by atoms with Crippen molar-refractivity contribution in [1.29, 1.82) is 0 Å². The smallest absolute Gasteiger partial charge is 0.0388 e. The van der Waals surface area contributed by atoms with Crippen molar-refractivity contribution < 1.29 is 0 Å². The Bertz CT molecular complexity index is 76.1. The van der Waals surface area contributed by atoms with E-state index >= 15 is 0 Å². The predicted octanol–water partition coefficient (Wildman–Crippen LogP) is 4.06. The van der Waals surface area contributed by atoms with E-state index < -0.39 is 0 Å². The molecular formula is C11H23. The highest BCUT2D eigenvalue weighted by molar-refractivity contribution is 4.69. The molecule has 67 valence electrons. The maximum absolute atomic E-state index is 4.18. The summed E-state index contributed by atoms with van der Waals surface area (Å²) in [5.74, 6) is 1.56. The Kier molecular flexibility index (Phi) is 6.69. The highest BCUT2D eigenvalue weighted by atomic mass is 14.2. The molecule has 11 heavy (non-hydrogen) atoms. The minimum absolute atomic E-state index is 0.687. The summed E-state index contributed by atoms with van der Waals surface area (Å²) in [5, 5.41) is 0. The highest BCUT2D eigenvalue weighted by Crippen LogP contribution is 2.23. The van der Waals surface area contributed by atoms with E-state index in [4.69, 9.17) is 0 Å². The minimum Gasteiger partial charge on any atom is -0.0654 e. The topological polar surface area (TPSA) is 0 Å². The Balaban J connectivity index is 3.56. The molecule has 0 spiro atoms. The monoisotopic (exact) mass is 155 g/mol. The number of unbranched alkanes of at least 4 members (excludes halogenated alkanes) is 1. The zero-order valence-corrected chi connectivity index (χ0v) is 8.40. The van der Waals surface area contributed by atoms with Crippen LogP contribution >= 0.6 is 0 Å². The summed E-state index contributed by atoms with van der Waals surface area (Å²) in [6, 6.07) is 0. The molecule has 0 heteroatoms. The van der Waals surface area contributed by atoms with Gasteiger partial charge in [-0.15, -0.1) is 0 Å². The molecule has 0 aromatic carbocycles. The first-order valence-corrected chi connectivity index (χ1v) is 5.09. The lowest BCUT2D eigenvalue weighted by molar-refractivity contribution is 0.338. The van der Waals surface area contributed by atoms with Crippen LogP contribution in [0.3, 0.4) is 0 Å². The van der Waals surface area contributed by atoms with E-state index in [2.05, 4.69) is 27.7 Å². The molecule has 0 aliphatic carbocycles. The van der Waals surface area contributed by atoms with Crippen LogP contribution in [0.1, 0.15) is 52.9 Å². The Morgan fingerprint density at radius 3 is 2.09 bits per heavy atom. The van der Waals surface area contributed by atoms with Gasteiger partial charge in [-0.2, -0.15) is 0 Å². The van der Waals surface area contributed by atoms with Crippen LogP contribution in [0.15, 0.2) is 0 Å². The van der Waals surface area contributed by atoms with Crippen molar-refractivity contribution >= 4 is 0 Å². The summed E-state index contributed by atoms with van der Waals surface area (Å²) >= 11 is 0. The Morgan fingerprint density at radius 2 is 1.73 bits per heavy atom. The van der Waals surface area contributed by atoms with E-state index in [0.717, 1.165) is 5.92 Å². The SMILES string of the molecule is [CH2]C(CC)C(CC)CCCC. The van der Waals surface area contributed by atoms with Crippen molar-refractivity contribution in [2.75, 3.05) is 0 Å². The van der Waals surface area contributed by atoms with E-state index in [9.17, 15) is 0 Å². The standard InChI is InChI=1S/C11H23/c1-5-8-9-11(7-3)10(4)6-2/h10-11H,4-9H2,1-3H3. The van der Waals surface area contributed by atoms with E-state index in [1.807, 2.05) is 0 Å². The number of rotatable bonds is 6. The minimum atomic E-state index is 0.687. The van der Waals surface area contributed by atoms with Crippen LogP contribution in [-0.2, 0) is 0 Å². The van der Waals surface area contributed by atoms with Crippen LogP contribution in [0.5, 0.6) is 0 Å². The Labute approximate surface area is 72.4 Å². The fourth-order valence-corrected chi connectivity index (χ4v) is 1.57. The first kappa shape index (κ1) is 11.0. The normalized spacial score (nSPS) is 16.4. The van der Waals surface area contributed by atoms with E-state index in [-0.39, 0.29) is 0 Å². The van der Waals surface area contributed by atoms with Crippen molar-refractivity contribution in [1.82, 2.24) is 0 Å². The maximum Gasteiger partial charge on any atom is -0.0388 e. The zero-order chi connectivity index (χ0) is 8.69. The molecule has 0 fully saturated rings. The molecular weight excluding hydrogens is 132 g/mol. The van der Waals surface area contributed by atoms with Crippen molar-refractivity contribution in [3.05, 3.63) is 6.92 Å². The van der Waals surface area contributed by atoms with Gasteiger partial charge in [0.05, 0.1) is 0 Å². The zero-order valence-electron chi connectivity index (χ0n) is 8.40. The first-order valence-electron chi connectivity index (χ1n) is 5.09. The Hall–Kier alpha value is 0. The van der Waals surface area contributed by atoms with Crippen LogP contribution in [-0.4, -0.2) is 0 Å². The van der Waals surface area contributed by atoms with Crippen molar-refractivity contribution in [2.24, 2.45) is 11.8 Å². The molecule has 0 bridgehead atoms. The number of hydrogen-bond acceptors (Lipinski definition) is 0. The van der Waals surface area contributed by atoms with Crippen molar-refractivity contribution in [2.45, 2.75) is 52.9 Å².